The first-order chi connectivity index (χ1) is 21.8. The molecule has 2 fully saturated rings. The largest absolute Gasteiger partial charge is 0.392 e. The fraction of sp³-hybridized carbons (Fsp3) is 0.324. The van der Waals surface area contributed by atoms with E-state index >= 15 is 0 Å². The van der Waals surface area contributed by atoms with Gasteiger partial charge in [-0.1, -0.05) is 85.3 Å². The smallest absolute Gasteiger partial charge is 0.255 e. The number of nitrogens with one attached hydrogen (secondary N) is 1. The van der Waals surface area contributed by atoms with E-state index in [9.17, 15) is 15.0 Å². The molecule has 0 saturated carbocycles. The van der Waals surface area contributed by atoms with Crippen LogP contribution in [0.1, 0.15) is 64.8 Å². The number of carbonyl (C=O) groups is 1. The molecular weight excluding hydrogens is 588 g/mol. The maximum absolute atomic E-state index is 12.8. The maximum atomic E-state index is 12.8. The lowest BCUT2D eigenvalue weighted by molar-refractivity contribution is -0.277. The Morgan fingerprint density at radius 2 is 1.62 bits per heavy atom. The molecule has 234 valence electrons. The van der Waals surface area contributed by atoms with Crippen LogP contribution in [0.4, 0.5) is 5.69 Å². The Balaban J connectivity index is 1.20. The molecule has 4 atom stereocenters. The summed E-state index contributed by atoms with van der Waals surface area (Å²) in [5.74, 6) is -0.158. The third-order valence-electron chi connectivity index (χ3n) is 9.08. The van der Waals surface area contributed by atoms with Crippen molar-refractivity contribution in [1.29, 1.82) is 0 Å². The molecule has 0 aliphatic carbocycles. The van der Waals surface area contributed by atoms with E-state index in [1.165, 1.54) is 0 Å². The molecule has 0 bridgehead atoms. The molecule has 7 nitrogen and oxygen atoms in total. The second-order valence-corrected chi connectivity index (χ2v) is 12.5. The zero-order valence-corrected chi connectivity index (χ0v) is 26.1. The molecule has 8 heteroatoms. The normalized spacial score (nSPS) is 23.4. The number of aliphatic hydroxyl groups is 2. The Labute approximate surface area is 269 Å². The number of anilines is 1. The van der Waals surface area contributed by atoms with E-state index in [0.29, 0.717) is 35.7 Å². The lowest BCUT2D eigenvalue weighted by Crippen LogP contribution is -2.49. The first-order valence-electron chi connectivity index (χ1n) is 15.5. The molecule has 1 amide bonds. The molecule has 45 heavy (non-hydrogen) atoms. The zero-order chi connectivity index (χ0) is 31.4. The number of ether oxygens (including phenoxy) is 2. The Morgan fingerprint density at radius 1 is 0.911 bits per heavy atom. The number of amides is 1. The first kappa shape index (κ1) is 31.4. The van der Waals surface area contributed by atoms with Gasteiger partial charge in [-0.15, -0.1) is 0 Å². The highest BCUT2D eigenvalue weighted by molar-refractivity contribution is 6.30. The summed E-state index contributed by atoms with van der Waals surface area (Å²) in [5, 5.41) is 24.7. The van der Waals surface area contributed by atoms with Crippen LogP contribution in [0, 0.1) is 5.92 Å². The van der Waals surface area contributed by atoms with Gasteiger partial charge in [0.05, 0.1) is 24.4 Å². The van der Waals surface area contributed by atoms with Gasteiger partial charge in [0.15, 0.2) is 6.29 Å². The van der Waals surface area contributed by atoms with Crippen LogP contribution in [0.2, 0.25) is 5.02 Å². The van der Waals surface area contributed by atoms with Crippen LogP contribution in [-0.4, -0.2) is 46.8 Å². The number of carbonyl (C=O) groups excluding carboxylic acids is 1. The molecule has 0 unspecified atom stereocenters. The van der Waals surface area contributed by atoms with Crippen LogP contribution >= 0.6 is 11.6 Å². The quantitative estimate of drug-likeness (QED) is 0.198. The van der Waals surface area contributed by atoms with Gasteiger partial charge in [0.25, 0.3) is 5.91 Å². The van der Waals surface area contributed by atoms with Crippen molar-refractivity contribution >= 4 is 23.2 Å². The molecule has 4 aromatic rings. The van der Waals surface area contributed by atoms with Crippen molar-refractivity contribution in [2.75, 3.05) is 25.0 Å². The van der Waals surface area contributed by atoms with Gasteiger partial charge in [-0.25, -0.2) is 0 Å². The molecular formula is C37H39ClN2O5. The van der Waals surface area contributed by atoms with Gasteiger partial charge in [0.1, 0.15) is 0 Å². The number of nitrogens with zero attached hydrogens (tertiary/aromatic N) is 1. The average Bonchev–Trinajstić information content (AvgIpc) is 3.07. The second kappa shape index (κ2) is 13.8. The van der Waals surface area contributed by atoms with Gasteiger partial charge in [-0.2, -0.15) is 0 Å². The van der Waals surface area contributed by atoms with Crippen molar-refractivity contribution in [2.24, 2.45) is 5.92 Å². The summed E-state index contributed by atoms with van der Waals surface area (Å²) in [7, 11) is 0. The lowest BCUT2D eigenvalue weighted by atomic mass is 9.84. The average molecular weight is 627 g/mol. The first-order valence-corrected chi connectivity index (χ1v) is 15.9. The monoisotopic (exact) mass is 626 g/mol. The molecule has 2 aliphatic heterocycles. The maximum Gasteiger partial charge on any atom is 0.255 e. The van der Waals surface area contributed by atoms with Crippen LogP contribution in [-0.2, 0) is 21.7 Å². The summed E-state index contributed by atoms with van der Waals surface area (Å²) >= 11 is 6.08. The third-order valence-corrected chi connectivity index (χ3v) is 9.33. The number of piperidine rings is 1. The van der Waals surface area contributed by atoms with E-state index in [4.69, 9.17) is 21.1 Å². The standard InChI is InChI=1S/C37H39ClN2O5/c1-25-33(23-40-20-18-37(43,19-21-40)30-14-16-31(38)17-15-30)44-36(45-34(25)27-12-10-26(24-41)11-13-27)29-8-5-9-32(22-29)39-35(42)28-6-3-2-4-7-28/h2-17,22,25,33-34,36,41,43H,18-21,23-24H2,1H3,(H,39,42)/t25-,33+,34+,36+/m1/s1. The minimum atomic E-state index is -0.882. The summed E-state index contributed by atoms with van der Waals surface area (Å²) in [6, 6.07) is 32.1. The number of halogens is 1. The zero-order valence-electron chi connectivity index (χ0n) is 25.3. The van der Waals surface area contributed by atoms with E-state index < -0.39 is 11.9 Å². The van der Waals surface area contributed by atoms with E-state index in [2.05, 4.69) is 17.1 Å². The van der Waals surface area contributed by atoms with Crippen LogP contribution < -0.4 is 5.32 Å². The number of aliphatic hydroxyl groups excluding tert-OH is 1. The topological polar surface area (TPSA) is 91.3 Å². The van der Waals surface area contributed by atoms with Crippen molar-refractivity contribution in [2.45, 2.75) is 50.5 Å². The summed E-state index contributed by atoms with van der Waals surface area (Å²) in [5.41, 5.74) is 3.92. The Kier molecular flexibility index (Phi) is 9.66. The number of rotatable bonds is 8. The summed E-state index contributed by atoms with van der Waals surface area (Å²) < 4.78 is 13.3. The summed E-state index contributed by atoms with van der Waals surface area (Å²) in [4.78, 5) is 15.2. The predicted octanol–water partition coefficient (Wildman–Crippen LogP) is 6.86. The highest BCUT2D eigenvalue weighted by atomic mass is 35.5. The molecule has 2 aliphatic rings. The Hall–Kier alpha value is -3.56. The van der Waals surface area contributed by atoms with Gasteiger partial charge in [0, 0.05) is 47.4 Å². The molecule has 0 aromatic heterocycles. The van der Waals surface area contributed by atoms with Crippen LogP contribution in [0.15, 0.2) is 103 Å². The highest BCUT2D eigenvalue weighted by Crippen LogP contribution is 2.43. The summed E-state index contributed by atoms with van der Waals surface area (Å²) in [6.07, 6.45) is 0.170. The van der Waals surface area contributed by atoms with Crippen molar-refractivity contribution in [3.8, 4) is 0 Å². The van der Waals surface area contributed by atoms with E-state index in [1.54, 1.807) is 12.1 Å². The molecule has 2 heterocycles. The third kappa shape index (κ3) is 7.31. The minimum Gasteiger partial charge on any atom is -0.392 e. The van der Waals surface area contributed by atoms with Crippen molar-refractivity contribution in [3.63, 3.8) is 0 Å². The fourth-order valence-corrected chi connectivity index (χ4v) is 6.42. The van der Waals surface area contributed by atoms with Gasteiger partial charge in [0.2, 0.25) is 0 Å². The van der Waals surface area contributed by atoms with Gasteiger partial charge in [-0.3, -0.25) is 4.79 Å². The number of hydrogen-bond acceptors (Lipinski definition) is 6. The molecule has 6 rings (SSSR count). The van der Waals surface area contributed by atoms with Crippen molar-refractivity contribution < 1.29 is 24.5 Å². The highest BCUT2D eigenvalue weighted by Gasteiger charge is 2.41. The molecule has 0 radical (unpaired) electrons. The number of benzene rings is 4. The summed E-state index contributed by atoms with van der Waals surface area (Å²) in [6.45, 7) is 4.28. The molecule has 0 spiro atoms. The van der Waals surface area contributed by atoms with Crippen molar-refractivity contribution in [1.82, 2.24) is 4.90 Å². The molecule has 4 aromatic carbocycles. The van der Waals surface area contributed by atoms with Crippen molar-refractivity contribution in [3.05, 3.63) is 136 Å². The molecule has 2 saturated heterocycles. The van der Waals surface area contributed by atoms with Gasteiger partial charge < -0.3 is 29.9 Å². The van der Waals surface area contributed by atoms with Crippen LogP contribution in [0.25, 0.3) is 0 Å². The number of hydrogen-bond donors (Lipinski definition) is 3. The van der Waals surface area contributed by atoms with E-state index in [1.807, 2.05) is 91.0 Å². The van der Waals surface area contributed by atoms with Gasteiger partial charge >= 0.3 is 0 Å². The van der Waals surface area contributed by atoms with E-state index in [0.717, 1.165) is 35.3 Å². The second-order valence-electron chi connectivity index (χ2n) is 12.1. The van der Waals surface area contributed by atoms with Gasteiger partial charge in [-0.05, 0) is 65.9 Å². The number of likely N-dealkylation sites (tertiary alicyclic amines) is 1. The SMILES string of the molecule is C[C@@H]1[C@H](CN2CCC(O)(c3ccc(Cl)cc3)CC2)O[C@H](c2cccc(NC(=O)c3ccccc3)c2)O[C@@H]1c1ccc(CO)cc1. The van der Waals surface area contributed by atoms with Crippen LogP contribution in [0.5, 0.6) is 0 Å². The Morgan fingerprint density at radius 3 is 2.31 bits per heavy atom. The lowest BCUT2D eigenvalue weighted by Gasteiger charge is -2.45. The van der Waals surface area contributed by atoms with E-state index in [-0.39, 0.29) is 30.6 Å². The van der Waals surface area contributed by atoms with Crippen LogP contribution in [0.3, 0.4) is 0 Å². The Bertz CT molecular complexity index is 1570. The molecule has 3 N–H and O–H groups in total. The predicted molar refractivity (Wildman–Crippen MR) is 175 cm³/mol. The fourth-order valence-electron chi connectivity index (χ4n) is 6.29. The minimum absolute atomic E-state index is 0.0193.